The summed E-state index contributed by atoms with van der Waals surface area (Å²) < 4.78 is 24.3. The largest absolute Gasteiger partial charge is 0.369 e. The lowest BCUT2D eigenvalue weighted by Gasteiger charge is -2.08. The Kier molecular flexibility index (Phi) is 2.68. The zero-order valence-electron chi connectivity index (χ0n) is 8.46. The van der Waals surface area contributed by atoms with Crippen molar-refractivity contribution in [3.63, 3.8) is 0 Å². The fourth-order valence-corrected chi connectivity index (χ4v) is 3.86. The van der Waals surface area contributed by atoms with E-state index in [1.165, 1.54) is 0 Å². The molecule has 1 fully saturated rings. The van der Waals surface area contributed by atoms with Crippen LogP contribution < -0.4 is 5.73 Å². The van der Waals surface area contributed by atoms with Gasteiger partial charge in [0, 0.05) is 18.9 Å². The van der Waals surface area contributed by atoms with Crippen LogP contribution >= 0.6 is 0 Å². The Morgan fingerprint density at radius 1 is 1.60 bits per heavy atom. The van der Waals surface area contributed by atoms with Crippen LogP contribution in [0.4, 0.5) is 5.95 Å². The van der Waals surface area contributed by atoms with Crippen molar-refractivity contribution in [2.75, 3.05) is 17.2 Å². The molecule has 1 aromatic rings. The molecule has 2 rings (SSSR count). The molecule has 2 N–H and O–H groups in total. The summed E-state index contributed by atoms with van der Waals surface area (Å²) in [6, 6.07) is 0. The van der Waals surface area contributed by atoms with Gasteiger partial charge in [-0.2, -0.15) is 0 Å². The van der Waals surface area contributed by atoms with Gasteiger partial charge in [0.2, 0.25) is 0 Å². The molecule has 2 heterocycles. The van der Waals surface area contributed by atoms with Gasteiger partial charge in [-0.05, 0) is 18.8 Å². The molecule has 15 heavy (non-hydrogen) atoms. The number of aromatic nitrogens is 2. The smallest absolute Gasteiger partial charge is 0.200 e. The van der Waals surface area contributed by atoms with Crippen LogP contribution in [-0.2, 0) is 16.4 Å². The molecule has 1 atom stereocenters. The summed E-state index contributed by atoms with van der Waals surface area (Å²) in [6.07, 6.45) is 5.12. The van der Waals surface area contributed by atoms with E-state index in [-0.39, 0.29) is 5.92 Å². The van der Waals surface area contributed by atoms with E-state index < -0.39 is 9.84 Å². The van der Waals surface area contributed by atoms with Crippen LogP contribution in [-0.4, -0.2) is 29.5 Å². The van der Waals surface area contributed by atoms with Gasteiger partial charge in [-0.25, -0.2) is 13.4 Å². The number of hydrogen-bond donors (Lipinski definition) is 1. The van der Waals surface area contributed by atoms with Crippen LogP contribution in [0.25, 0.3) is 0 Å². The fraction of sp³-hybridized carbons (Fsp3) is 0.667. The predicted octanol–water partition coefficient (Wildman–Crippen LogP) is 0.290. The fourth-order valence-electron chi connectivity index (χ4n) is 1.95. The molecule has 6 heteroatoms. The molecule has 84 valence electrons. The predicted molar refractivity (Wildman–Crippen MR) is 58.0 cm³/mol. The Bertz CT molecular complexity index is 438. The van der Waals surface area contributed by atoms with Gasteiger partial charge in [0.25, 0.3) is 0 Å². The third kappa shape index (κ3) is 2.50. The molecule has 1 aliphatic rings. The van der Waals surface area contributed by atoms with Gasteiger partial charge >= 0.3 is 0 Å². The quantitative estimate of drug-likeness (QED) is 0.808. The number of anilines is 1. The number of nitrogens with two attached hydrogens (primary N) is 1. The van der Waals surface area contributed by atoms with Crippen molar-refractivity contribution in [1.29, 1.82) is 0 Å². The Labute approximate surface area is 89.2 Å². The van der Waals surface area contributed by atoms with Gasteiger partial charge < -0.3 is 10.3 Å². The number of nitrogen functional groups attached to an aromatic ring is 1. The van der Waals surface area contributed by atoms with Gasteiger partial charge in [0.1, 0.15) is 0 Å². The summed E-state index contributed by atoms with van der Waals surface area (Å²) in [5, 5.41) is 0. The molecule has 1 aromatic heterocycles. The number of imidazole rings is 1. The van der Waals surface area contributed by atoms with Crippen LogP contribution in [0.15, 0.2) is 12.4 Å². The average molecular weight is 229 g/mol. The minimum atomic E-state index is -2.75. The number of rotatable bonds is 3. The lowest BCUT2D eigenvalue weighted by atomic mass is 10.1. The van der Waals surface area contributed by atoms with Gasteiger partial charge in [-0.15, -0.1) is 0 Å². The first kappa shape index (κ1) is 10.5. The average Bonchev–Trinajstić information content (AvgIpc) is 2.69. The molecule has 0 radical (unpaired) electrons. The summed E-state index contributed by atoms with van der Waals surface area (Å²) in [7, 11) is -2.75. The highest BCUT2D eigenvalue weighted by molar-refractivity contribution is 7.91. The molecule has 1 saturated heterocycles. The molecular formula is C9H15N3O2S. The first-order chi connectivity index (χ1) is 7.07. The van der Waals surface area contributed by atoms with Crippen molar-refractivity contribution in [2.45, 2.75) is 19.4 Å². The van der Waals surface area contributed by atoms with Crippen molar-refractivity contribution in [1.82, 2.24) is 9.55 Å². The molecule has 1 unspecified atom stereocenters. The van der Waals surface area contributed by atoms with Crippen LogP contribution in [0.5, 0.6) is 0 Å². The Morgan fingerprint density at radius 2 is 2.40 bits per heavy atom. The monoisotopic (exact) mass is 229 g/mol. The Hall–Kier alpha value is -1.04. The van der Waals surface area contributed by atoms with Crippen LogP contribution in [0.1, 0.15) is 12.8 Å². The van der Waals surface area contributed by atoms with Crippen LogP contribution in [0, 0.1) is 5.92 Å². The van der Waals surface area contributed by atoms with E-state index in [9.17, 15) is 8.42 Å². The second-order valence-electron chi connectivity index (χ2n) is 4.04. The number of nitrogens with zero attached hydrogens (tertiary/aromatic N) is 2. The van der Waals surface area contributed by atoms with E-state index >= 15 is 0 Å². The zero-order chi connectivity index (χ0) is 10.9. The minimum Gasteiger partial charge on any atom is -0.369 e. The number of sulfone groups is 1. The maximum Gasteiger partial charge on any atom is 0.200 e. The second-order valence-corrected chi connectivity index (χ2v) is 6.27. The first-order valence-electron chi connectivity index (χ1n) is 5.04. The topological polar surface area (TPSA) is 78.0 Å². The van der Waals surface area contributed by atoms with E-state index in [4.69, 9.17) is 5.73 Å². The lowest BCUT2D eigenvalue weighted by molar-refractivity contribution is 0.491. The summed E-state index contributed by atoms with van der Waals surface area (Å²) in [5.74, 6) is 1.46. The molecule has 0 amide bonds. The van der Waals surface area contributed by atoms with Gasteiger partial charge in [0.05, 0.1) is 11.5 Å². The van der Waals surface area contributed by atoms with E-state index in [0.717, 1.165) is 19.4 Å². The maximum absolute atomic E-state index is 11.2. The zero-order valence-corrected chi connectivity index (χ0v) is 9.28. The highest BCUT2D eigenvalue weighted by Crippen LogP contribution is 2.22. The first-order valence-corrected chi connectivity index (χ1v) is 6.86. The molecule has 0 aliphatic carbocycles. The third-order valence-electron chi connectivity index (χ3n) is 2.85. The molecule has 0 spiro atoms. The molecule has 0 aromatic carbocycles. The highest BCUT2D eigenvalue weighted by atomic mass is 32.2. The van der Waals surface area contributed by atoms with Crippen LogP contribution in [0.3, 0.4) is 0 Å². The van der Waals surface area contributed by atoms with E-state index in [2.05, 4.69) is 4.98 Å². The van der Waals surface area contributed by atoms with Crippen molar-refractivity contribution in [3.05, 3.63) is 12.4 Å². The Morgan fingerprint density at radius 3 is 2.93 bits per heavy atom. The molecular weight excluding hydrogens is 214 g/mol. The van der Waals surface area contributed by atoms with E-state index in [1.807, 2.05) is 10.8 Å². The third-order valence-corrected chi connectivity index (χ3v) is 4.69. The molecule has 0 saturated carbocycles. The van der Waals surface area contributed by atoms with Crippen molar-refractivity contribution >= 4 is 15.8 Å². The number of aryl methyl sites for hydroxylation is 1. The van der Waals surface area contributed by atoms with Crippen molar-refractivity contribution < 1.29 is 8.42 Å². The van der Waals surface area contributed by atoms with E-state index in [1.54, 1.807) is 6.20 Å². The van der Waals surface area contributed by atoms with Crippen molar-refractivity contribution in [2.24, 2.45) is 5.92 Å². The molecule has 0 bridgehead atoms. The van der Waals surface area contributed by atoms with Gasteiger partial charge in [-0.3, -0.25) is 0 Å². The molecule has 1 aliphatic heterocycles. The summed E-state index contributed by atoms with van der Waals surface area (Å²) in [6.45, 7) is 0.756. The van der Waals surface area contributed by atoms with Crippen LogP contribution in [0.2, 0.25) is 0 Å². The van der Waals surface area contributed by atoms with E-state index in [0.29, 0.717) is 17.5 Å². The highest BCUT2D eigenvalue weighted by Gasteiger charge is 2.27. The summed E-state index contributed by atoms with van der Waals surface area (Å²) in [5.41, 5.74) is 5.61. The van der Waals surface area contributed by atoms with Gasteiger partial charge in [-0.1, -0.05) is 0 Å². The van der Waals surface area contributed by atoms with Crippen molar-refractivity contribution in [3.8, 4) is 0 Å². The maximum atomic E-state index is 11.2. The standard InChI is InChI=1S/C9H15N3O2S/c10-9-11-3-5-12(9)4-1-8-2-6-15(13,14)7-8/h3,5,8H,1-2,4,6-7H2,(H2,10,11). The minimum absolute atomic E-state index is 0.289. The second kappa shape index (κ2) is 3.84. The summed E-state index contributed by atoms with van der Waals surface area (Å²) >= 11 is 0. The van der Waals surface area contributed by atoms with Gasteiger partial charge in [0.15, 0.2) is 15.8 Å². The number of hydrogen-bond acceptors (Lipinski definition) is 4. The normalized spacial score (nSPS) is 24.4. The summed E-state index contributed by atoms with van der Waals surface area (Å²) in [4.78, 5) is 3.91. The Balaban J connectivity index is 1.88. The molecule has 5 nitrogen and oxygen atoms in total. The SMILES string of the molecule is Nc1nccn1CCC1CCS(=O)(=O)C1. The lowest BCUT2D eigenvalue weighted by Crippen LogP contribution is -2.09.